The zero-order chi connectivity index (χ0) is 19.8. The number of amidine groups is 1. The molecule has 2 aliphatic heterocycles. The van der Waals surface area contributed by atoms with Gasteiger partial charge in [-0.15, -0.1) is 0 Å². The lowest BCUT2D eigenvalue weighted by Crippen LogP contribution is -2.48. The highest BCUT2D eigenvalue weighted by atomic mass is 32.2. The zero-order valence-corrected chi connectivity index (χ0v) is 17.3. The quantitative estimate of drug-likeness (QED) is 0.857. The molecular formula is C20H29N3O3S. The van der Waals surface area contributed by atoms with E-state index in [4.69, 9.17) is 0 Å². The Labute approximate surface area is 162 Å². The molecule has 0 aliphatic carbocycles. The minimum absolute atomic E-state index is 0.00108. The third-order valence-corrected chi connectivity index (χ3v) is 6.94. The van der Waals surface area contributed by atoms with Gasteiger partial charge >= 0.3 is 0 Å². The van der Waals surface area contributed by atoms with Crippen LogP contribution in [-0.4, -0.2) is 44.2 Å². The van der Waals surface area contributed by atoms with Crippen LogP contribution in [0.3, 0.4) is 0 Å². The number of aliphatic imine (C=N–C) groups is 1. The molecule has 2 aliphatic rings. The first-order valence-corrected chi connectivity index (χ1v) is 11.2. The molecule has 1 amide bonds. The maximum Gasteiger partial charge on any atom is 0.263 e. The first kappa shape index (κ1) is 19.9. The van der Waals surface area contributed by atoms with E-state index >= 15 is 0 Å². The summed E-state index contributed by atoms with van der Waals surface area (Å²) in [6.07, 6.45) is 1.92. The Morgan fingerprint density at radius 3 is 2.52 bits per heavy atom. The summed E-state index contributed by atoms with van der Waals surface area (Å²) in [5, 5.41) is 0. The second-order valence-corrected chi connectivity index (χ2v) is 9.75. The Hall–Kier alpha value is -1.89. The van der Waals surface area contributed by atoms with Crippen molar-refractivity contribution in [3.05, 3.63) is 29.8 Å². The molecule has 0 saturated carbocycles. The Kier molecular flexibility index (Phi) is 5.60. The number of nitrogens with zero attached hydrogens (tertiary/aromatic N) is 2. The van der Waals surface area contributed by atoms with Gasteiger partial charge in [-0.25, -0.2) is 8.42 Å². The number of sulfonamides is 1. The standard InChI is InChI=1S/C20H29N3O3S/c1-5-15(4)18(20(24)23-11-13(2)10-14(3)12-23)21-19-16-8-6-7-9-17(16)27(25,26)22-19/h6-9,13-15,18H,5,10-12H2,1-4H3,(H,21,22)/t13?,14?,15-,18-/m0/s1. The summed E-state index contributed by atoms with van der Waals surface area (Å²) in [7, 11) is -3.61. The van der Waals surface area contributed by atoms with E-state index in [1.807, 2.05) is 18.7 Å². The smallest absolute Gasteiger partial charge is 0.263 e. The Balaban J connectivity index is 1.95. The second kappa shape index (κ2) is 7.62. The van der Waals surface area contributed by atoms with Crippen molar-refractivity contribution in [2.24, 2.45) is 22.7 Å². The lowest BCUT2D eigenvalue weighted by molar-refractivity contribution is -0.136. The number of carbonyl (C=O) groups is 1. The van der Waals surface area contributed by atoms with Gasteiger partial charge in [0.05, 0.1) is 4.90 Å². The van der Waals surface area contributed by atoms with E-state index < -0.39 is 16.1 Å². The Morgan fingerprint density at radius 1 is 1.26 bits per heavy atom. The van der Waals surface area contributed by atoms with Gasteiger partial charge in [-0.1, -0.05) is 46.2 Å². The molecule has 1 N–H and O–H groups in total. The number of carbonyl (C=O) groups excluding carboxylic acids is 1. The van der Waals surface area contributed by atoms with Crippen LogP contribution in [0.5, 0.6) is 0 Å². The highest BCUT2D eigenvalue weighted by molar-refractivity contribution is 7.90. The highest BCUT2D eigenvalue weighted by Gasteiger charge is 2.36. The highest BCUT2D eigenvalue weighted by Crippen LogP contribution is 2.26. The minimum Gasteiger partial charge on any atom is -0.340 e. The molecule has 0 radical (unpaired) electrons. The lowest BCUT2D eigenvalue weighted by atomic mass is 9.90. The van der Waals surface area contributed by atoms with Gasteiger partial charge in [-0.05, 0) is 36.3 Å². The second-order valence-electron chi connectivity index (χ2n) is 8.10. The van der Waals surface area contributed by atoms with Gasteiger partial charge in [0.1, 0.15) is 11.9 Å². The van der Waals surface area contributed by atoms with E-state index in [2.05, 4.69) is 23.6 Å². The molecule has 1 aromatic carbocycles. The normalized spacial score (nSPS) is 27.7. The molecule has 148 valence electrons. The van der Waals surface area contributed by atoms with E-state index in [0.29, 0.717) is 17.4 Å². The van der Waals surface area contributed by atoms with Crippen LogP contribution in [0.15, 0.2) is 34.2 Å². The average molecular weight is 392 g/mol. The number of benzene rings is 1. The summed E-state index contributed by atoms with van der Waals surface area (Å²) in [4.78, 5) is 20.1. The summed E-state index contributed by atoms with van der Waals surface area (Å²) in [5.74, 6) is 1.23. The summed E-state index contributed by atoms with van der Waals surface area (Å²) in [6, 6.07) is 6.18. The van der Waals surface area contributed by atoms with Gasteiger partial charge in [0, 0.05) is 18.7 Å². The molecular weight excluding hydrogens is 362 g/mol. The van der Waals surface area contributed by atoms with Crippen LogP contribution in [-0.2, 0) is 14.8 Å². The topological polar surface area (TPSA) is 78.8 Å². The van der Waals surface area contributed by atoms with Gasteiger partial charge < -0.3 is 4.90 Å². The van der Waals surface area contributed by atoms with Crippen LogP contribution in [0.2, 0.25) is 0 Å². The fourth-order valence-electron chi connectivity index (χ4n) is 4.05. The molecule has 0 bridgehead atoms. The maximum atomic E-state index is 13.3. The Bertz CT molecular complexity index is 840. The van der Waals surface area contributed by atoms with E-state index in [9.17, 15) is 13.2 Å². The molecule has 1 fully saturated rings. The maximum absolute atomic E-state index is 13.3. The molecule has 2 unspecified atom stereocenters. The van der Waals surface area contributed by atoms with Gasteiger partial charge in [0.25, 0.3) is 10.0 Å². The summed E-state index contributed by atoms with van der Waals surface area (Å²) in [6.45, 7) is 9.84. The monoisotopic (exact) mass is 391 g/mol. The van der Waals surface area contributed by atoms with Crippen LogP contribution in [0, 0.1) is 17.8 Å². The molecule has 2 heterocycles. The van der Waals surface area contributed by atoms with Crippen molar-refractivity contribution in [2.45, 2.75) is 51.5 Å². The first-order valence-electron chi connectivity index (χ1n) is 9.71. The van der Waals surface area contributed by atoms with Crippen LogP contribution in [0.25, 0.3) is 0 Å². The molecule has 27 heavy (non-hydrogen) atoms. The van der Waals surface area contributed by atoms with Gasteiger partial charge in [-0.2, -0.15) is 0 Å². The van der Waals surface area contributed by atoms with Crippen LogP contribution < -0.4 is 4.72 Å². The first-order chi connectivity index (χ1) is 12.7. The van der Waals surface area contributed by atoms with E-state index in [-0.39, 0.29) is 22.6 Å². The van der Waals surface area contributed by atoms with E-state index in [0.717, 1.165) is 25.9 Å². The van der Waals surface area contributed by atoms with E-state index in [1.54, 1.807) is 24.3 Å². The molecule has 3 rings (SSSR count). The number of amides is 1. The van der Waals surface area contributed by atoms with Crippen molar-refractivity contribution < 1.29 is 13.2 Å². The number of fused-ring (bicyclic) bond motifs is 1. The Morgan fingerprint density at radius 2 is 1.89 bits per heavy atom. The van der Waals surface area contributed by atoms with Gasteiger partial charge in [0.2, 0.25) is 5.91 Å². The predicted molar refractivity (Wildman–Crippen MR) is 106 cm³/mol. The molecule has 7 heteroatoms. The molecule has 1 aromatic rings. The third-order valence-electron chi connectivity index (χ3n) is 5.55. The number of piperidine rings is 1. The summed E-state index contributed by atoms with van der Waals surface area (Å²) >= 11 is 0. The van der Waals surface area contributed by atoms with Crippen LogP contribution >= 0.6 is 0 Å². The molecule has 0 aromatic heterocycles. The van der Waals surface area contributed by atoms with Gasteiger partial charge in [0.15, 0.2) is 0 Å². The number of hydrogen-bond donors (Lipinski definition) is 1. The van der Waals surface area contributed by atoms with Gasteiger partial charge in [-0.3, -0.25) is 14.5 Å². The SMILES string of the molecule is CC[C@H](C)[C@H](N=C1NS(=O)(=O)c2ccccc21)C(=O)N1CC(C)CC(C)C1. The molecule has 4 atom stereocenters. The third kappa shape index (κ3) is 4.03. The summed E-state index contributed by atoms with van der Waals surface area (Å²) in [5.41, 5.74) is 0.541. The van der Waals surface area contributed by atoms with Crippen molar-refractivity contribution in [3.63, 3.8) is 0 Å². The van der Waals surface area contributed by atoms with Crippen molar-refractivity contribution >= 4 is 21.8 Å². The average Bonchev–Trinajstić information content (AvgIpc) is 2.88. The van der Waals surface area contributed by atoms with Crippen molar-refractivity contribution in [3.8, 4) is 0 Å². The predicted octanol–water partition coefficient (Wildman–Crippen LogP) is 2.64. The zero-order valence-electron chi connectivity index (χ0n) is 16.5. The number of nitrogens with one attached hydrogen (secondary N) is 1. The van der Waals surface area contributed by atoms with Crippen molar-refractivity contribution in [2.75, 3.05) is 13.1 Å². The number of likely N-dealkylation sites (tertiary alicyclic amines) is 1. The fourth-order valence-corrected chi connectivity index (χ4v) is 5.29. The summed E-state index contributed by atoms with van der Waals surface area (Å²) < 4.78 is 27.2. The molecule has 0 spiro atoms. The van der Waals surface area contributed by atoms with E-state index in [1.165, 1.54) is 0 Å². The number of rotatable bonds is 4. The van der Waals surface area contributed by atoms with Crippen LogP contribution in [0.4, 0.5) is 0 Å². The minimum atomic E-state index is -3.61. The largest absolute Gasteiger partial charge is 0.340 e. The van der Waals surface area contributed by atoms with Crippen molar-refractivity contribution in [1.29, 1.82) is 0 Å². The molecule has 1 saturated heterocycles. The number of hydrogen-bond acceptors (Lipinski definition) is 4. The van der Waals surface area contributed by atoms with Crippen LogP contribution in [0.1, 0.15) is 46.1 Å². The fraction of sp³-hybridized carbons (Fsp3) is 0.600. The lowest BCUT2D eigenvalue weighted by Gasteiger charge is -2.37. The van der Waals surface area contributed by atoms with Crippen molar-refractivity contribution in [1.82, 2.24) is 9.62 Å². The molecule has 6 nitrogen and oxygen atoms in total.